The van der Waals surface area contributed by atoms with E-state index in [1.54, 1.807) is 12.3 Å². The van der Waals surface area contributed by atoms with Gasteiger partial charge in [0.1, 0.15) is 5.82 Å². The number of aromatic nitrogens is 1. The SMILES string of the molecule is CCNc1ccc(C(=O)NCC(C)(C)C(C)C)cn1. The first kappa shape index (κ1) is 15.5. The molecule has 1 rings (SSSR count). The largest absolute Gasteiger partial charge is 0.370 e. The number of amides is 1. The van der Waals surface area contributed by atoms with Crippen LogP contribution in [0.5, 0.6) is 0 Å². The maximum atomic E-state index is 12.0. The maximum Gasteiger partial charge on any atom is 0.252 e. The zero-order chi connectivity index (χ0) is 14.5. The van der Waals surface area contributed by atoms with E-state index < -0.39 is 0 Å². The zero-order valence-corrected chi connectivity index (χ0v) is 12.6. The highest BCUT2D eigenvalue weighted by Crippen LogP contribution is 2.24. The van der Waals surface area contributed by atoms with E-state index >= 15 is 0 Å². The zero-order valence-electron chi connectivity index (χ0n) is 12.6. The van der Waals surface area contributed by atoms with E-state index in [4.69, 9.17) is 0 Å². The number of nitrogens with one attached hydrogen (secondary N) is 2. The topological polar surface area (TPSA) is 54.0 Å². The second-order valence-electron chi connectivity index (χ2n) is 5.79. The second-order valence-corrected chi connectivity index (χ2v) is 5.79. The minimum atomic E-state index is -0.0655. The lowest BCUT2D eigenvalue weighted by Gasteiger charge is -2.29. The Balaban J connectivity index is 2.59. The fourth-order valence-corrected chi connectivity index (χ4v) is 1.43. The lowest BCUT2D eigenvalue weighted by atomic mass is 9.81. The van der Waals surface area contributed by atoms with E-state index in [9.17, 15) is 4.79 Å². The van der Waals surface area contributed by atoms with Crippen LogP contribution in [0.2, 0.25) is 0 Å². The van der Waals surface area contributed by atoms with Crippen LogP contribution in [0, 0.1) is 11.3 Å². The summed E-state index contributed by atoms with van der Waals surface area (Å²) >= 11 is 0. The summed E-state index contributed by atoms with van der Waals surface area (Å²) in [7, 11) is 0. The molecule has 4 nitrogen and oxygen atoms in total. The molecule has 0 aliphatic rings. The molecule has 4 heteroatoms. The van der Waals surface area contributed by atoms with Crippen LogP contribution in [0.15, 0.2) is 18.3 Å². The van der Waals surface area contributed by atoms with Gasteiger partial charge in [0.15, 0.2) is 0 Å². The highest BCUT2D eigenvalue weighted by molar-refractivity contribution is 5.94. The lowest BCUT2D eigenvalue weighted by Crippen LogP contribution is -2.37. The van der Waals surface area contributed by atoms with Gasteiger partial charge in [-0.3, -0.25) is 4.79 Å². The summed E-state index contributed by atoms with van der Waals surface area (Å²) in [6.45, 7) is 12.1. The minimum absolute atomic E-state index is 0.0655. The molecule has 106 valence electrons. The van der Waals surface area contributed by atoms with Crippen LogP contribution >= 0.6 is 0 Å². The smallest absolute Gasteiger partial charge is 0.252 e. The maximum absolute atomic E-state index is 12.0. The Kier molecular flexibility index (Phi) is 5.33. The molecular weight excluding hydrogens is 238 g/mol. The molecule has 1 aromatic heterocycles. The quantitative estimate of drug-likeness (QED) is 0.829. The van der Waals surface area contributed by atoms with Gasteiger partial charge in [0, 0.05) is 19.3 Å². The van der Waals surface area contributed by atoms with Crippen molar-refractivity contribution in [3.8, 4) is 0 Å². The normalized spacial score (nSPS) is 11.5. The number of pyridine rings is 1. The first-order valence-electron chi connectivity index (χ1n) is 6.85. The first-order chi connectivity index (χ1) is 8.86. The Morgan fingerprint density at radius 3 is 2.53 bits per heavy atom. The number of hydrogen-bond donors (Lipinski definition) is 2. The van der Waals surface area contributed by atoms with Crippen LogP contribution in [-0.4, -0.2) is 24.0 Å². The molecule has 0 fully saturated rings. The van der Waals surface area contributed by atoms with Gasteiger partial charge in [-0.2, -0.15) is 0 Å². The molecule has 2 N–H and O–H groups in total. The summed E-state index contributed by atoms with van der Waals surface area (Å²) < 4.78 is 0. The summed E-state index contributed by atoms with van der Waals surface area (Å²) in [5, 5.41) is 6.07. The van der Waals surface area contributed by atoms with Gasteiger partial charge in [-0.05, 0) is 30.4 Å². The van der Waals surface area contributed by atoms with Crippen molar-refractivity contribution in [3.05, 3.63) is 23.9 Å². The average Bonchev–Trinajstić information content (AvgIpc) is 2.37. The molecule has 1 heterocycles. The van der Waals surface area contributed by atoms with Crippen molar-refractivity contribution in [2.45, 2.75) is 34.6 Å². The molecule has 0 aliphatic heterocycles. The molecule has 0 saturated carbocycles. The number of nitrogens with zero attached hydrogens (tertiary/aromatic N) is 1. The van der Waals surface area contributed by atoms with Crippen LogP contribution in [-0.2, 0) is 0 Å². The Hall–Kier alpha value is -1.58. The third-order valence-electron chi connectivity index (χ3n) is 3.65. The molecule has 0 bridgehead atoms. The van der Waals surface area contributed by atoms with Crippen molar-refractivity contribution >= 4 is 11.7 Å². The molecule has 0 radical (unpaired) electrons. The van der Waals surface area contributed by atoms with Crippen LogP contribution in [0.25, 0.3) is 0 Å². The van der Waals surface area contributed by atoms with Crippen molar-refractivity contribution in [1.29, 1.82) is 0 Å². The fourth-order valence-electron chi connectivity index (χ4n) is 1.43. The molecule has 0 aliphatic carbocycles. The van der Waals surface area contributed by atoms with Gasteiger partial charge in [0.2, 0.25) is 0 Å². The highest BCUT2D eigenvalue weighted by Gasteiger charge is 2.23. The standard InChI is InChI=1S/C15H25N3O/c1-6-16-13-8-7-12(9-17-13)14(19)18-10-15(4,5)11(2)3/h7-9,11H,6,10H2,1-5H3,(H,16,17)(H,18,19). The summed E-state index contributed by atoms with van der Waals surface area (Å²) in [6, 6.07) is 3.62. The predicted molar refractivity (Wildman–Crippen MR) is 79.4 cm³/mol. The molecule has 0 aromatic carbocycles. The molecular formula is C15H25N3O. The average molecular weight is 263 g/mol. The second kappa shape index (κ2) is 6.55. The van der Waals surface area contributed by atoms with Gasteiger partial charge >= 0.3 is 0 Å². The number of carbonyl (C=O) groups excluding carboxylic acids is 1. The molecule has 19 heavy (non-hydrogen) atoms. The van der Waals surface area contributed by atoms with Crippen LogP contribution in [0.4, 0.5) is 5.82 Å². The Labute approximate surface area is 116 Å². The third-order valence-corrected chi connectivity index (χ3v) is 3.65. The lowest BCUT2D eigenvalue weighted by molar-refractivity contribution is 0.0924. The van der Waals surface area contributed by atoms with Crippen LogP contribution in [0.3, 0.4) is 0 Å². The van der Waals surface area contributed by atoms with Crippen molar-refractivity contribution < 1.29 is 4.79 Å². The van der Waals surface area contributed by atoms with Crippen molar-refractivity contribution in [1.82, 2.24) is 10.3 Å². The van der Waals surface area contributed by atoms with E-state index in [1.807, 2.05) is 13.0 Å². The van der Waals surface area contributed by atoms with E-state index in [2.05, 4.69) is 43.3 Å². The summed E-state index contributed by atoms with van der Waals surface area (Å²) in [6.07, 6.45) is 1.61. The van der Waals surface area contributed by atoms with Crippen molar-refractivity contribution in [2.24, 2.45) is 11.3 Å². The van der Waals surface area contributed by atoms with Gasteiger partial charge in [-0.25, -0.2) is 4.98 Å². The van der Waals surface area contributed by atoms with E-state index in [0.29, 0.717) is 18.0 Å². The molecule has 0 atom stereocenters. The summed E-state index contributed by atoms with van der Waals surface area (Å²) in [5.41, 5.74) is 0.688. The van der Waals surface area contributed by atoms with Crippen molar-refractivity contribution in [2.75, 3.05) is 18.4 Å². The van der Waals surface area contributed by atoms with Gasteiger partial charge in [0.25, 0.3) is 5.91 Å². The van der Waals surface area contributed by atoms with E-state index in [0.717, 1.165) is 12.4 Å². The van der Waals surface area contributed by atoms with Crippen LogP contribution in [0.1, 0.15) is 45.0 Å². The molecule has 0 spiro atoms. The first-order valence-corrected chi connectivity index (χ1v) is 6.85. The molecule has 0 unspecified atom stereocenters. The Morgan fingerprint density at radius 1 is 1.37 bits per heavy atom. The van der Waals surface area contributed by atoms with Crippen LogP contribution < -0.4 is 10.6 Å². The third kappa shape index (κ3) is 4.54. The van der Waals surface area contributed by atoms with Gasteiger partial charge in [-0.15, -0.1) is 0 Å². The molecule has 0 saturated heterocycles. The summed E-state index contributed by atoms with van der Waals surface area (Å²) in [5.74, 6) is 1.24. The fraction of sp³-hybridized carbons (Fsp3) is 0.600. The summed E-state index contributed by atoms with van der Waals surface area (Å²) in [4.78, 5) is 16.2. The molecule has 1 amide bonds. The number of rotatable bonds is 6. The van der Waals surface area contributed by atoms with Gasteiger partial charge in [-0.1, -0.05) is 27.7 Å². The molecule has 1 aromatic rings. The van der Waals surface area contributed by atoms with Crippen molar-refractivity contribution in [3.63, 3.8) is 0 Å². The highest BCUT2D eigenvalue weighted by atomic mass is 16.1. The van der Waals surface area contributed by atoms with Gasteiger partial charge < -0.3 is 10.6 Å². The van der Waals surface area contributed by atoms with E-state index in [1.165, 1.54) is 0 Å². The minimum Gasteiger partial charge on any atom is -0.370 e. The van der Waals surface area contributed by atoms with E-state index in [-0.39, 0.29) is 11.3 Å². The number of hydrogen-bond acceptors (Lipinski definition) is 3. The predicted octanol–water partition coefficient (Wildman–Crippen LogP) is 2.93. The monoisotopic (exact) mass is 263 g/mol. The Bertz CT molecular complexity index is 410. The number of carbonyl (C=O) groups is 1. The Morgan fingerprint density at radius 2 is 2.05 bits per heavy atom. The number of anilines is 1. The van der Waals surface area contributed by atoms with Gasteiger partial charge in [0.05, 0.1) is 5.56 Å².